The van der Waals surface area contributed by atoms with Crippen molar-refractivity contribution in [2.45, 2.75) is 12.8 Å². The molecule has 0 atom stereocenters. The number of hydrogen-bond donors (Lipinski definition) is 1. The highest BCUT2D eigenvalue weighted by Gasteiger charge is 2.05. The first-order chi connectivity index (χ1) is 9.79. The van der Waals surface area contributed by atoms with Crippen molar-refractivity contribution in [1.29, 1.82) is 0 Å². The van der Waals surface area contributed by atoms with Gasteiger partial charge in [-0.2, -0.15) is 0 Å². The first-order valence-corrected chi connectivity index (χ1v) is 6.76. The Kier molecular flexibility index (Phi) is 5.18. The quantitative estimate of drug-likeness (QED) is 0.818. The Balaban J connectivity index is 1.77. The molecule has 0 aliphatic rings. The van der Waals surface area contributed by atoms with Gasteiger partial charge in [-0.05, 0) is 36.6 Å². The van der Waals surface area contributed by atoms with Gasteiger partial charge < -0.3 is 10.1 Å². The van der Waals surface area contributed by atoms with Gasteiger partial charge in [0.1, 0.15) is 5.75 Å². The van der Waals surface area contributed by atoms with Gasteiger partial charge in [0.05, 0.1) is 7.11 Å². The molecule has 0 fully saturated rings. The maximum atomic E-state index is 12.0. The summed E-state index contributed by atoms with van der Waals surface area (Å²) in [6.45, 7) is 0.672. The summed E-state index contributed by atoms with van der Waals surface area (Å²) in [5.41, 5.74) is 1.92. The van der Waals surface area contributed by atoms with Crippen LogP contribution in [0.3, 0.4) is 0 Å². The monoisotopic (exact) mass is 269 g/mol. The van der Waals surface area contributed by atoms with Gasteiger partial charge in [-0.25, -0.2) is 0 Å². The van der Waals surface area contributed by atoms with Crippen LogP contribution in [0, 0.1) is 0 Å². The van der Waals surface area contributed by atoms with E-state index in [9.17, 15) is 4.79 Å². The number of carbonyl (C=O) groups excluding carboxylic acids is 1. The minimum Gasteiger partial charge on any atom is -0.497 e. The van der Waals surface area contributed by atoms with E-state index in [-0.39, 0.29) is 5.91 Å². The van der Waals surface area contributed by atoms with E-state index >= 15 is 0 Å². The molecule has 3 nitrogen and oxygen atoms in total. The molecule has 104 valence electrons. The molecule has 2 aromatic rings. The number of aryl methyl sites for hydroxylation is 1. The van der Waals surface area contributed by atoms with Crippen molar-refractivity contribution in [2.24, 2.45) is 0 Å². The number of amides is 1. The zero-order valence-electron chi connectivity index (χ0n) is 11.6. The van der Waals surface area contributed by atoms with E-state index in [1.807, 2.05) is 30.3 Å². The van der Waals surface area contributed by atoms with Gasteiger partial charge in [0.25, 0.3) is 5.91 Å². The fraction of sp³-hybridized carbons (Fsp3) is 0.235. The molecular weight excluding hydrogens is 250 g/mol. The highest BCUT2D eigenvalue weighted by atomic mass is 16.5. The largest absolute Gasteiger partial charge is 0.497 e. The first-order valence-electron chi connectivity index (χ1n) is 6.76. The second-order valence-corrected chi connectivity index (χ2v) is 4.58. The van der Waals surface area contributed by atoms with E-state index in [0.29, 0.717) is 17.9 Å². The van der Waals surface area contributed by atoms with E-state index in [0.717, 1.165) is 12.8 Å². The summed E-state index contributed by atoms with van der Waals surface area (Å²) in [6, 6.07) is 17.4. The normalized spacial score (nSPS) is 10.1. The number of benzene rings is 2. The molecule has 20 heavy (non-hydrogen) atoms. The number of hydrogen-bond acceptors (Lipinski definition) is 2. The van der Waals surface area contributed by atoms with Gasteiger partial charge >= 0.3 is 0 Å². The van der Waals surface area contributed by atoms with Crippen LogP contribution >= 0.6 is 0 Å². The molecule has 2 aromatic carbocycles. The summed E-state index contributed by atoms with van der Waals surface area (Å²) >= 11 is 0. The van der Waals surface area contributed by atoms with Gasteiger partial charge in [-0.15, -0.1) is 0 Å². The molecule has 0 unspecified atom stereocenters. The second-order valence-electron chi connectivity index (χ2n) is 4.58. The predicted octanol–water partition coefficient (Wildman–Crippen LogP) is 3.06. The van der Waals surface area contributed by atoms with Gasteiger partial charge in [-0.1, -0.05) is 36.4 Å². The Morgan fingerprint density at radius 2 is 1.90 bits per heavy atom. The maximum absolute atomic E-state index is 12.0. The highest BCUT2D eigenvalue weighted by molar-refractivity contribution is 5.94. The smallest absolute Gasteiger partial charge is 0.251 e. The van der Waals surface area contributed by atoms with Gasteiger partial charge in [0.2, 0.25) is 0 Å². The Morgan fingerprint density at radius 3 is 2.65 bits per heavy atom. The average molecular weight is 269 g/mol. The van der Waals surface area contributed by atoms with Crippen LogP contribution in [0.1, 0.15) is 22.3 Å². The fourth-order valence-electron chi connectivity index (χ4n) is 2.01. The second kappa shape index (κ2) is 7.34. The Labute approximate surface area is 119 Å². The van der Waals surface area contributed by atoms with Crippen molar-refractivity contribution < 1.29 is 9.53 Å². The lowest BCUT2D eigenvalue weighted by atomic mass is 10.1. The molecule has 2 rings (SSSR count). The molecule has 0 aliphatic carbocycles. The van der Waals surface area contributed by atoms with E-state index < -0.39 is 0 Å². The molecule has 0 heterocycles. The van der Waals surface area contributed by atoms with Crippen LogP contribution in [0.15, 0.2) is 54.6 Å². The molecule has 0 spiro atoms. The molecule has 0 saturated carbocycles. The summed E-state index contributed by atoms with van der Waals surface area (Å²) in [5.74, 6) is 0.638. The van der Waals surface area contributed by atoms with Crippen molar-refractivity contribution in [2.75, 3.05) is 13.7 Å². The third-order valence-corrected chi connectivity index (χ3v) is 3.10. The molecular formula is C17H19NO2. The molecule has 0 aromatic heterocycles. The van der Waals surface area contributed by atoms with Crippen LogP contribution in [0.25, 0.3) is 0 Å². The highest BCUT2D eigenvalue weighted by Crippen LogP contribution is 2.12. The van der Waals surface area contributed by atoms with E-state index in [1.54, 1.807) is 19.2 Å². The Morgan fingerprint density at radius 1 is 1.10 bits per heavy atom. The van der Waals surface area contributed by atoms with Crippen molar-refractivity contribution >= 4 is 5.91 Å². The van der Waals surface area contributed by atoms with Crippen LogP contribution in [0.5, 0.6) is 5.75 Å². The third kappa shape index (κ3) is 4.12. The predicted molar refractivity (Wildman–Crippen MR) is 80.1 cm³/mol. The van der Waals surface area contributed by atoms with Crippen LogP contribution in [0.2, 0.25) is 0 Å². The Bertz CT molecular complexity index is 552. The number of methoxy groups -OCH3 is 1. The summed E-state index contributed by atoms with van der Waals surface area (Å²) in [6.07, 6.45) is 1.90. The standard InChI is InChI=1S/C17H19NO2/c1-20-16-11-5-10-15(13-16)17(19)18-12-6-9-14-7-3-2-4-8-14/h2-5,7-8,10-11,13H,6,9,12H2,1H3,(H,18,19). The maximum Gasteiger partial charge on any atom is 0.251 e. The van der Waals surface area contributed by atoms with Crippen LogP contribution in [-0.4, -0.2) is 19.6 Å². The van der Waals surface area contributed by atoms with Gasteiger partial charge in [0.15, 0.2) is 0 Å². The Hall–Kier alpha value is -2.29. The van der Waals surface area contributed by atoms with Crippen LogP contribution < -0.4 is 10.1 Å². The molecule has 0 saturated heterocycles. The van der Waals surface area contributed by atoms with Crippen molar-refractivity contribution in [3.63, 3.8) is 0 Å². The minimum absolute atomic E-state index is 0.0584. The first kappa shape index (κ1) is 14.1. The SMILES string of the molecule is COc1cccc(C(=O)NCCCc2ccccc2)c1. The van der Waals surface area contributed by atoms with Gasteiger partial charge in [-0.3, -0.25) is 4.79 Å². The zero-order chi connectivity index (χ0) is 14.2. The molecule has 0 aliphatic heterocycles. The topological polar surface area (TPSA) is 38.3 Å². The number of nitrogens with one attached hydrogen (secondary N) is 1. The molecule has 3 heteroatoms. The average Bonchev–Trinajstić information content (AvgIpc) is 2.52. The van der Waals surface area contributed by atoms with Crippen LogP contribution in [0.4, 0.5) is 0 Å². The summed E-state index contributed by atoms with van der Waals surface area (Å²) in [4.78, 5) is 12.0. The zero-order valence-corrected chi connectivity index (χ0v) is 11.6. The molecule has 0 radical (unpaired) electrons. The molecule has 0 bridgehead atoms. The lowest BCUT2D eigenvalue weighted by Gasteiger charge is -2.06. The lowest BCUT2D eigenvalue weighted by Crippen LogP contribution is -2.24. The fourth-order valence-corrected chi connectivity index (χ4v) is 2.01. The van der Waals surface area contributed by atoms with Crippen LogP contribution in [-0.2, 0) is 6.42 Å². The van der Waals surface area contributed by atoms with E-state index in [4.69, 9.17) is 4.74 Å². The summed E-state index contributed by atoms with van der Waals surface area (Å²) < 4.78 is 5.11. The summed E-state index contributed by atoms with van der Waals surface area (Å²) in [7, 11) is 1.59. The van der Waals surface area contributed by atoms with Crippen molar-refractivity contribution in [3.05, 3.63) is 65.7 Å². The molecule has 1 N–H and O–H groups in total. The molecule has 1 amide bonds. The minimum atomic E-state index is -0.0584. The lowest BCUT2D eigenvalue weighted by molar-refractivity contribution is 0.0953. The van der Waals surface area contributed by atoms with Gasteiger partial charge in [0, 0.05) is 12.1 Å². The van der Waals surface area contributed by atoms with E-state index in [1.165, 1.54) is 5.56 Å². The van der Waals surface area contributed by atoms with Crippen molar-refractivity contribution in [3.8, 4) is 5.75 Å². The summed E-state index contributed by atoms with van der Waals surface area (Å²) in [5, 5.41) is 2.93. The van der Waals surface area contributed by atoms with Crippen molar-refractivity contribution in [1.82, 2.24) is 5.32 Å². The van der Waals surface area contributed by atoms with E-state index in [2.05, 4.69) is 17.4 Å². The number of carbonyl (C=O) groups is 1. The number of ether oxygens (including phenoxy) is 1. The third-order valence-electron chi connectivity index (χ3n) is 3.10. The number of rotatable bonds is 6.